The topological polar surface area (TPSA) is 80.3 Å². The van der Waals surface area contributed by atoms with Crippen molar-refractivity contribution in [2.45, 2.75) is 26.2 Å². The van der Waals surface area contributed by atoms with E-state index >= 15 is 0 Å². The summed E-state index contributed by atoms with van der Waals surface area (Å²) >= 11 is 0. The van der Waals surface area contributed by atoms with E-state index < -0.39 is 5.82 Å². The molecule has 2 aromatic carbocycles. The van der Waals surface area contributed by atoms with Crippen LogP contribution in [-0.4, -0.2) is 42.4 Å². The van der Waals surface area contributed by atoms with Crippen molar-refractivity contribution in [1.29, 1.82) is 0 Å². The molecule has 0 bridgehead atoms. The monoisotopic (exact) mass is 430 g/mol. The Bertz CT molecular complexity index is 1340. The van der Waals surface area contributed by atoms with Crippen molar-refractivity contribution in [3.63, 3.8) is 0 Å². The van der Waals surface area contributed by atoms with Gasteiger partial charge in [0.1, 0.15) is 17.8 Å². The lowest BCUT2D eigenvalue weighted by Gasteiger charge is -2.14. The maximum atomic E-state index is 13.8. The zero-order valence-electron chi connectivity index (χ0n) is 17.3. The molecule has 0 saturated heterocycles. The highest BCUT2D eigenvalue weighted by Gasteiger charge is 2.29. The highest BCUT2D eigenvalue weighted by molar-refractivity contribution is 5.98. The van der Waals surface area contributed by atoms with Gasteiger partial charge in [-0.3, -0.25) is 14.3 Å². The number of nitrogens with zero attached hydrogens (tertiary/aromatic N) is 6. The minimum absolute atomic E-state index is 0.253. The SMILES string of the molecule is CN1Cc2c(-c3noc(CN4Cc5ccccc5C4)n3)ncn2-c2ccc(F)cc2C1=O. The molecule has 160 valence electrons. The van der Waals surface area contributed by atoms with Gasteiger partial charge in [-0.25, -0.2) is 9.37 Å². The van der Waals surface area contributed by atoms with E-state index in [-0.39, 0.29) is 18.0 Å². The highest BCUT2D eigenvalue weighted by atomic mass is 19.1. The molecule has 0 unspecified atom stereocenters. The first-order valence-electron chi connectivity index (χ1n) is 10.3. The van der Waals surface area contributed by atoms with E-state index in [1.807, 2.05) is 12.1 Å². The summed E-state index contributed by atoms with van der Waals surface area (Å²) in [6, 6.07) is 12.5. The predicted octanol–water partition coefficient (Wildman–Crippen LogP) is 3.16. The van der Waals surface area contributed by atoms with Gasteiger partial charge in [0.25, 0.3) is 5.91 Å². The number of halogens is 1. The highest BCUT2D eigenvalue weighted by Crippen LogP contribution is 2.30. The smallest absolute Gasteiger partial charge is 0.256 e. The van der Waals surface area contributed by atoms with Crippen LogP contribution < -0.4 is 0 Å². The van der Waals surface area contributed by atoms with Crippen LogP contribution in [0.1, 0.15) is 33.1 Å². The standard InChI is InChI=1S/C23H19FN6O2/c1-28-11-19-21(25-13-30(19)18-7-6-16(24)8-17(18)23(28)31)22-26-20(32-27-22)12-29-9-14-4-2-3-5-15(14)10-29/h2-8,13H,9-12H2,1H3. The van der Waals surface area contributed by atoms with Crippen LogP contribution in [0.5, 0.6) is 0 Å². The van der Waals surface area contributed by atoms with E-state index in [0.29, 0.717) is 29.6 Å². The maximum Gasteiger partial charge on any atom is 0.256 e. The summed E-state index contributed by atoms with van der Waals surface area (Å²) in [6.07, 6.45) is 1.61. The van der Waals surface area contributed by atoms with Crippen molar-refractivity contribution in [3.05, 3.63) is 82.9 Å². The van der Waals surface area contributed by atoms with Gasteiger partial charge < -0.3 is 9.42 Å². The Kier molecular flexibility index (Phi) is 4.19. The average molecular weight is 430 g/mol. The molecular weight excluding hydrogens is 411 g/mol. The van der Waals surface area contributed by atoms with Gasteiger partial charge in [-0.15, -0.1) is 0 Å². The number of imidazole rings is 1. The normalized spacial score (nSPS) is 15.4. The molecule has 8 nitrogen and oxygen atoms in total. The van der Waals surface area contributed by atoms with E-state index in [1.54, 1.807) is 24.0 Å². The summed E-state index contributed by atoms with van der Waals surface area (Å²) in [5.41, 5.74) is 4.78. The number of hydrogen-bond donors (Lipinski definition) is 0. The van der Waals surface area contributed by atoms with Crippen molar-refractivity contribution in [1.82, 2.24) is 29.5 Å². The molecule has 9 heteroatoms. The van der Waals surface area contributed by atoms with Gasteiger partial charge in [-0.05, 0) is 29.3 Å². The van der Waals surface area contributed by atoms with Crippen molar-refractivity contribution in [2.75, 3.05) is 7.05 Å². The summed E-state index contributed by atoms with van der Waals surface area (Å²) in [5.74, 6) is 0.171. The molecule has 4 heterocycles. The molecule has 0 fully saturated rings. The molecule has 0 radical (unpaired) electrons. The minimum Gasteiger partial charge on any atom is -0.337 e. The first kappa shape index (κ1) is 18.9. The van der Waals surface area contributed by atoms with Gasteiger partial charge in [-0.2, -0.15) is 4.98 Å². The largest absolute Gasteiger partial charge is 0.337 e. The zero-order valence-corrected chi connectivity index (χ0v) is 17.3. The average Bonchev–Trinajstić information content (AvgIpc) is 3.50. The lowest BCUT2D eigenvalue weighted by Crippen LogP contribution is -2.25. The van der Waals surface area contributed by atoms with Gasteiger partial charge in [0, 0.05) is 20.1 Å². The van der Waals surface area contributed by atoms with Crippen molar-refractivity contribution < 1.29 is 13.7 Å². The van der Waals surface area contributed by atoms with Crippen LogP contribution in [0.15, 0.2) is 53.3 Å². The second-order valence-electron chi connectivity index (χ2n) is 8.16. The summed E-state index contributed by atoms with van der Waals surface area (Å²) in [6.45, 7) is 2.51. The number of carbonyl (C=O) groups is 1. The Labute approximate surface area is 182 Å². The molecule has 0 N–H and O–H groups in total. The van der Waals surface area contributed by atoms with E-state index in [1.165, 1.54) is 28.2 Å². The number of rotatable bonds is 3. The maximum absolute atomic E-state index is 13.8. The molecule has 0 spiro atoms. The minimum atomic E-state index is -0.457. The predicted molar refractivity (Wildman–Crippen MR) is 112 cm³/mol. The Hall–Kier alpha value is -3.85. The third-order valence-electron chi connectivity index (χ3n) is 5.99. The fourth-order valence-corrected chi connectivity index (χ4v) is 4.43. The Morgan fingerprint density at radius 2 is 1.88 bits per heavy atom. The quantitative estimate of drug-likeness (QED) is 0.497. The Balaban J connectivity index is 1.31. The number of carbonyl (C=O) groups excluding carboxylic acids is 1. The number of hydrogen-bond acceptors (Lipinski definition) is 6. The van der Waals surface area contributed by atoms with Gasteiger partial charge in [0.2, 0.25) is 11.7 Å². The molecular formula is C23H19FN6O2. The number of amides is 1. The first-order chi connectivity index (χ1) is 15.6. The molecule has 1 amide bonds. The van der Waals surface area contributed by atoms with Gasteiger partial charge >= 0.3 is 0 Å². The van der Waals surface area contributed by atoms with E-state index in [9.17, 15) is 9.18 Å². The molecule has 0 atom stereocenters. The lowest BCUT2D eigenvalue weighted by molar-refractivity contribution is 0.0787. The van der Waals surface area contributed by atoms with E-state index in [2.05, 4.69) is 32.2 Å². The fourth-order valence-electron chi connectivity index (χ4n) is 4.43. The fraction of sp³-hybridized carbons (Fsp3) is 0.217. The second kappa shape index (κ2) is 7.10. The van der Waals surface area contributed by atoms with Crippen LogP contribution in [-0.2, 0) is 26.2 Å². The summed E-state index contributed by atoms with van der Waals surface area (Å²) in [5, 5.41) is 4.15. The third-order valence-corrected chi connectivity index (χ3v) is 5.99. The van der Waals surface area contributed by atoms with Gasteiger partial charge in [0.05, 0.1) is 30.0 Å². The second-order valence-corrected chi connectivity index (χ2v) is 8.16. The van der Waals surface area contributed by atoms with Crippen molar-refractivity contribution in [2.24, 2.45) is 0 Å². The number of aromatic nitrogens is 4. The van der Waals surface area contributed by atoms with Crippen LogP contribution in [0, 0.1) is 5.82 Å². The molecule has 2 aromatic heterocycles. The zero-order chi connectivity index (χ0) is 21.8. The summed E-state index contributed by atoms with van der Waals surface area (Å²) in [7, 11) is 1.68. The molecule has 4 aromatic rings. The number of benzene rings is 2. The van der Waals surface area contributed by atoms with Crippen LogP contribution in [0.25, 0.3) is 17.2 Å². The molecule has 0 saturated carbocycles. The molecule has 32 heavy (non-hydrogen) atoms. The number of fused-ring (bicyclic) bond motifs is 4. The Morgan fingerprint density at radius 1 is 1.09 bits per heavy atom. The molecule has 0 aliphatic carbocycles. The van der Waals surface area contributed by atoms with Crippen LogP contribution in [0.3, 0.4) is 0 Å². The first-order valence-corrected chi connectivity index (χ1v) is 10.3. The van der Waals surface area contributed by atoms with Crippen molar-refractivity contribution >= 4 is 5.91 Å². The molecule has 6 rings (SSSR count). The van der Waals surface area contributed by atoms with Gasteiger partial charge in [-0.1, -0.05) is 29.4 Å². The molecule has 2 aliphatic rings. The van der Waals surface area contributed by atoms with Crippen LogP contribution >= 0.6 is 0 Å². The van der Waals surface area contributed by atoms with Crippen LogP contribution in [0.4, 0.5) is 4.39 Å². The Morgan fingerprint density at radius 3 is 2.66 bits per heavy atom. The van der Waals surface area contributed by atoms with Gasteiger partial charge in [0.15, 0.2) is 0 Å². The van der Waals surface area contributed by atoms with Crippen LogP contribution in [0.2, 0.25) is 0 Å². The van der Waals surface area contributed by atoms with E-state index in [0.717, 1.165) is 18.8 Å². The van der Waals surface area contributed by atoms with Crippen molar-refractivity contribution in [3.8, 4) is 17.2 Å². The molecule has 2 aliphatic heterocycles. The van der Waals surface area contributed by atoms with E-state index in [4.69, 9.17) is 4.52 Å². The summed E-state index contributed by atoms with van der Waals surface area (Å²) < 4.78 is 21.1. The lowest BCUT2D eigenvalue weighted by atomic mass is 10.1. The summed E-state index contributed by atoms with van der Waals surface area (Å²) in [4.78, 5) is 25.6. The third kappa shape index (κ3) is 3.01.